The lowest BCUT2D eigenvalue weighted by molar-refractivity contribution is 0.122. The highest BCUT2D eigenvalue weighted by Crippen LogP contribution is 2.41. The highest BCUT2D eigenvalue weighted by Gasteiger charge is 2.26. The first-order chi connectivity index (χ1) is 23.2. The predicted molar refractivity (Wildman–Crippen MR) is 183 cm³/mol. The van der Waals surface area contributed by atoms with Crippen LogP contribution in [-0.2, 0) is 20.3 Å². The maximum absolute atomic E-state index is 14.4. The normalized spacial score (nSPS) is 15.2. The number of ether oxygens (including phenoxy) is 1. The van der Waals surface area contributed by atoms with E-state index in [9.17, 15) is 17.2 Å². The zero-order valence-electron chi connectivity index (χ0n) is 26.2. The third-order valence-corrected chi connectivity index (χ3v) is 11.2. The highest BCUT2D eigenvalue weighted by molar-refractivity contribution is 7.90. The van der Waals surface area contributed by atoms with Crippen molar-refractivity contribution >= 4 is 43.8 Å². The molecule has 5 aromatic rings. The summed E-state index contributed by atoms with van der Waals surface area (Å²) in [6, 6.07) is 13.8. The van der Waals surface area contributed by atoms with E-state index in [0.717, 1.165) is 84.3 Å². The zero-order chi connectivity index (χ0) is 33.3. The summed E-state index contributed by atoms with van der Waals surface area (Å²) in [4.78, 5) is 23.3. The van der Waals surface area contributed by atoms with E-state index in [0.29, 0.717) is 41.7 Å². The number of rotatable bonds is 9. The van der Waals surface area contributed by atoms with Crippen molar-refractivity contribution < 1.29 is 21.9 Å². The van der Waals surface area contributed by atoms with Crippen molar-refractivity contribution in [3.63, 3.8) is 0 Å². The van der Waals surface area contributed by atoms with Gasteiger partial charge in [0.05, 0.1) is 47.1 Å². The Morgan fingerprint density at radius 2 is 1.67 bits per heavy atom. The summed E-state index contributed by atoms with van der Waals surface area (Å²) < 4.78 is 60.6. The number of halogens is 2. The van der Waals surface area contributed by atoms with E-state index in [-0.39, 0.29) is 0 Å². The Morgan fingerprint density at radius 1 is 0.917 bits per heavy atom. The topological polar surface area (TPSA) is 113 Å². The molecule has 5 heterocycles. The Balaban J connectivity index is 1.20. The lowest BCUT2D eigenvalue weighted by atomic mass is 10.1. The Hall–Kier alpha value is -4.53. The van der Waals surface area contributed by atoms with Crippen LogP contribution in [0.5, 0.6) is 0 Å². The molecule has 0 spiro atoms. The maximum atomic E-state index is 14.4. The molecule has 2 aromatic carbocycles. The number of sulfone groups is 1. The van der Waals surface area contributed by atoms with E-state index in [2.05, 4.69) is 25.1 Å². The van der Waals surface area contributed by atoms with E-state index in [1.54, 1.807) is 30.6 Å². The van der Waals surface area contributed by atoms with Crippen LogP contribution in [0.25, 0.3) is 21.8 Å². The van der Waals surface area contributed by atoms with Gasteiger partial charge in [0.2, 0.25) is 5.95 Å². The fraction of sp³-hybridized carbons (Fsp3) is 0.294. The number of aryl methyl sites for hydroxylation is 1. The summed E-state index contributed by atoms with van der Waals surface area (Å²) >= 11 is 1.51. The van der Waals surface area contributed by atoms with Gasteiger partial charge in [-0.15, -0.1) is 0 Å². The molecule has 2 aliphatic heterocycles. The minimum atomic E-state index is -4.31. The quantitative estimate of drug-likeness (QED) is 0.187. The highest BCUT2D eigenvalue weighted by atomic mass is 32.2. The van der Waals surface area contributed by atoms with E-state index in [1.165, 1.54) is 11.3 Å². The molecule has 0 bridgehead atoms. The van der Waals surface area contributed by atoms with E-state index in [4.69, 9.17) is 14.7 Å². The average Bonchev–Trinajstić information content (AvgIpc) is 3.77. The van der Waals surface area contributed by atoms with Gasteiger partial charge in [-0.3, -0.25) is 0 Å². The Kier molecular flexibility index (Phi) is 9.03. The molecule has 0 aliphatic carbocycles. The van der Waals surface area contributed by atoms with Crippen molar-refractivity contribution in [1.29, 1.82) is 0 Å². The minimum Gasteiger partial charge on any atom is -0.378 e. The predicted octanol–water partition coefficient (Wildman–Crippen LogP) is 6.40. The van der Waals surface area contributed by atoms with Crippen LogP contribution in [0.2, 0.25) is 0 Å². The first kappa shape index (κ1) is 32.0. The van der Waals surface area contributed by atoms with Gasteiger partial charge in [0, 0.05) is 37.9 Å². The Morgan fingerprint density at radius 3 is 2.42 bits per heavy atom. The summed E-state index contributed by atoms with van der Waals surface area (Å²) in [5, 5.41) is 4.15. The first-order valence-electron chi connectivity index (χ1n) is 15.7. The number of morpholine rings is 1. The molecule has 2 aliphatic rings. The monoisotopic (exact) mass is 689 g/mol. The number of nitrogens with one attached hydrogen (secondary N) is 1. The number of aromatic nitrogens is 4. The molecule has 0 amide bonds. The number of nitrogens with zero attached hydrogens (tertiary/aromatic N) is 6. The summed E-state index contributed by atoms with van der Waals surface area (Å²) in [5.74, 6) is -1.51. The van der Waals surface area contributed by atoms with Gasteiger partial charge >= 0.3 is 0 Å². The van der Waals surface area contributed by atoms with Gasteiger partial charge in [-0.1, -0.05) is 35.6 Å². The van der Waals surface area contributed by atoms with Crippen molar-refractivity contribution in [3.8, 4) is 21.8 Å². The number of hydrogen-bond donors (Lipinski definition) is 1. The molecule has 2 saturated heterocycles. The molecule has 14 heteroatoms. The number of benzene rings is 2. The molecule has 3 aromatic heterocycles. The smallest absolute Gasteiger partial charge is 0.227 e. The molecule has 248 valence electrons. The van der Waals surface area contributed by atoms with Gasteiger partial charge in [0.25, 0.3) is 0 Å². The van der Waals surface area contributed by atoms with Crippen molar-refractivity contribution in [2.75, 3.05) is 54.5 Å². The lowest BCUT2D eigenvalue weighted by Crippen LogP contribution is -2.36. The van der Waals surface area contributed by atoms with Crippen molar-refractivity contribution in [2.45, 2.75) is 30.4 Å². The SMILES string of the molecule is Cc1cc(N2CCOCC2)ncc1Nc1nccc(-c2sc(N3CCCC3)nc2-c2cccc(CS(=O)(=O)c3c(F)cccc3F)c2)n1. The summed E-state index contributed by atoms with van der Waals surface area (Å²) in [6.45, 7) is 6.74. The maximum Gasteiger partial charge on any atom is 0.227 e. The van der Waals surface area contributed by atoms with Gasteiger partial charge in [-0.2, -0.15) is 0 Å². The molecule has 0 radical (unpaired) electrons. The van der Waals surface area contributed by atoms with Crippen LogP contribution in [0.4, 0.5) is 31.4 Å². The van der Waals surface area contributed by atoms with E-state index in [1.807, 2.05) is 25.1 Å². The second kappa shape index (κ2) is 13.5. The molecule has 10 nitrogen and oxygen atoms in total. The van der Waals surface area contributed by atoms with Crippen LogP contribution >= 0.6 is 11.3 Å². The van der Waals surface area contributed by atoms with E-state index >= 15 is 0 Å². The number of thiazole rings is 1. The fourth-order valence-corrected chi connectivity index (χ4v) is 8.51. The lowest BCUT2D eigenvalue weighted by Gasteiger charge is -2.28. The standard InChI is InChI=1S/C34H33F2N7O3S2/c1-22-18-29(42-14-16-46-17-15-42)38-20-28(22)40-33-37-11-10-27(39-33)31-30(41-34(47-31)43-12-2-3-13-43)24-7-4-6-23(19-24)21-48(44,45)32-25(35)8-5-9-26(32)36/h4-11,18-20H,2-3,12-17,21H2,1H3,(H,37,39,40). The minimum absolute atomic E-state index is 0.380. The van der Waals surface area contributed by atoms with Crippen LogP contribution < -0.4 is 15.1 Å². The Labute approximate surface area is 281 Å². The molecular weight excluding hydrogens is 657 g/mol. The van der Waals surface area contributed by atoms with Gasteiger partial charge in [-0.05, 0) is 61.2 Å². The summed E-state index contributed by atoms with van der Waals surface area (Å²) in [6.07, 6.45) is 5.61. The third kappa shape index (κ3) is 6.73. The van der Waals surface area contributed by atoms with Crippen LogP contribution in [0.15, 0.2) is 71.9 Å². The largest absolute Gasteiger partial charge is 0.378 e. The molecule has 7 rings (SSSR count). The molecule has 48 heavy (non-hydrogen) atoms. The zero-order valence-corrected chi connectivity index (χ0v) is 27.8. The van der Waals surface area contributed by atoms with E-state index < -0.39 is 32.1 Å². The molecule has 2 fully saturated rings. The second-order valence-corrected chi connectivity index (χ2v) is 14.6. The van der Waals surface area contributed by atoms with Crippen LogP contribution in [0.1, 0.15) is 24.0 Å². The fourth-order valence-electron chi connectivity index (χ4n) is 5.90. The van der Waals surface area contributed by atoms with Crippen molar-refractivity contribution in [3.05, 3.63) is 89.8 Å². The van der Waals surface area contributed by atoms with Gasteiger partial charge in [-0.25, -0.2) is 37.1 Å². The number of hydrogen-bond acceptors (Lipinski definition) is 11. The van der Waals surface area contributed by atoms with Crippen LogP contribution in [-0.4, -0.2) is 67.7 Å². The molecule has 1 N–H and O–H groups in total. The molecule has 0 unspecified atom stereocenters. The van der Waals surface area contributed by atoms with Gasteiger partial charge < -0.3 is 19.9 Å². The number of pyridine rings is 1. The molecule has 0 atom stereocenters. The second-order valence-electron chi connectivity index (χ2n) is 11.7. The summed E-state index contributed by atoms with van der Waals surface area (Å²) in [5.41, 5.74) is 4.11. The Bertz CT molecular complexity index is 2040. The third-order valence-electron chi connectivity index (χ3n) is 8.35. The van der Waals surface area contributed by atoms with Gasteiger partial charge in [0.15, 0.2) is 15.0 Å². The first-order valence-corrected chi connectivity index (χ1v) is 18.1. The van der Waals surface area contributed by atoms with Crippen molar-refractivity contribution in [2.24, 2.45) is 0 Å². The molecule has 0 saturated carbocycles. The van der Waals surface area contributed by atoms with Gasteiger partial charge in [0.1, 0.15) is 22.3 Å². The average molecular weight is 690 g/mol. The summed E-state index contributed by atoms with van der Waals surface area (Å²) in [7, 11) is -4.31. The van der Waals surface area contributed by atoms with Crippen LogP contribution in [0, 0.1) is 18.6 Å². The van der Waals surface area contributed by atoms with Crippen molar-refractivity contribution in [1.82, 2.24) is 19.9 Å². The number of anilines is 4. The molecular formula is C34H33F2N7O3S2. The van der Waals surface area contributed by atoms with Crippen LogP contribution in [0.3, 0.4) is 0 Å².